The Kier molecular flexibility index (Phi) is 6.51. The summed E-state index contributed by atoms with van der Waals surface area (Å²) >= 11 is 3.39. The van der Waals surface area contributed by atoms with Gasteiger partial charge in [-0.15, -0.1) is 0 Å². The van der Waals surface area contributed by atoms with Gasteiger partial charge in [0.05, 0.1) is 25.2 Å². The van der Waals surface area contributed by atoms with E-state index in [2.05, 4.69) is 15.9 Å². The van der Waals surface area contributed by atoms with Crippen molar-refractivity contribution in [2.24, 2.45) is 5.92 Å². The highest BCUT2D eigenvalue weighted by Gasteiger charge is 2.51. The number of aliphatic hydroxyl groups is 1. The van der Waals surface area contributed by atoms with Gasteiger partial charge in [0.2, 0.25) is 0 Å². The van der Waals surface area contributed by atoms with Crippen LogP contribution in [0.1, 0.15) is 51.2 Å². The first-order valence-electron chi connectivity index (χ1n) is 9.33. The van der Waals surface area contributed by atoms with Crippen LogP contribution >= 0.6 is 15.9 Å². The Hall–Kier alpha value is -0.790. The van der Waals surface area contributed by atoms with Gasteiger partial charge in [-0.2, -0.15) is 0 Å². The van der Waals surface area contributed by atoms with E-state index < -0.39 is 23.9 Å². The number of Topliss-reactive ketones (excluding diaryl/α,β-unsaturated/α-hetero) is 1. The van der Waals surface area contributed by atoms with E-state index in [4.69, 9.17) is 14.2 Å². The number of hydrogen-bond donors (Lipinski definition) is 1. The van der Waals surface area contributed by atoms with Crippen LogP contribution in [0.25, 0.3) is 0 Å². The van der Waals surface area contributed by atoms with Crippen molar-refractivity contribution in [3.8, 4) is 0 Å². The van der Waals surface area contributed by atoms with Gasteiger partial charge < -0.3 is 19.3 Å². The zero-order valence-electron chi connectivity index (χ0n) is 15.3. The van der Waals surface area contributed by atoms with Gasteiger partial charge in [0, 0.05) is 10.9 Å². The molecule has 0 bridgehead atoms. The fraction of sp³-hybridized carbons (Fsp3) is 0.650. The van der Waals surface area contributed by atoms with Crippen LogP contribution in [0.15, 0.2) is 28.7 Å². The number of carbonyl (C=O) groups excluding carboxylic acids is 1. The Morgan fingerprint density at radius 3 is 2.65 bits per heavy atom. The lowest BCUT2D eigenvalue weighted by Gasteiger charge is -2.46. The van der Waals surface area contributed by atoms with Gasteiger partial charge >= 0.3 is 0 Å². The van der Waals surface area contributed by atoms with Gasteiger partial charge in [-0.1, -0.05) is 34.5 Å². The molecule has 0 unspecified atom stereocenters. The Morgan fingerprint density at radius 1 is 1.23 bits per heavy atom. The van der Waals surface area contributed by atoms with Gasteiger partial charge in [0.15, 0.2) is 11.6 Å². The monoisotopic (exact) mass is 426 g/mol. The summed E-state index contributed by atoms with van der Waals surface area (Å²) in [7, 11) is 0. The number of ether oxygens (including phenoxy) is 3. The second-order valence-corrected chi connectivity index (χ2v) is 8.23. The highest BCUT2D eigenvalue weighted by atomic mass is 79.9. The molecule has 1 aromatic carbocycles. The summed E-state index contributed by atoms with van der Waals surface area (Å²) in [4.78, 5) is 13.3. The quantitative estimate of drug-likeness (QED) is 0.793. The molecule has 1 saturated heterocycles. The molecule has 1 aromatic rings. The molecule has 0 aromatic heterocycles. The van der Waals surface area contributed by atoms with Gasteiger partial charge in [-0.25, -0.2) is 0 Å². The van der Waals surface area contributed by atoms with Crippen molar-refractivity contribution in [1.82, 2.24) is 0 Å². The SMILES string of the molecule is CC(C)O[C@]12CCCC[C@@H]1C(=O)[C@@H]([C@@H](O)c1ccc(Br)cc1)OCCO2. The molecule has 4 atom stereocenters. The molecule has 1 heterocycles. The lowest BCUT2D eigenvalue weighted by molar-refractivity contribution is -0.300. The highest BCUT2D eigenvalue weighted by Crippen LogP contribution is 2.42. The molecule has 144 valence electrons. The minimum Gasteiger partial charge on any atom is -0.385 e. The van der Waals surface area contributed by atoms with Crippen LogP contribution in [-0.4, -0.2) is 42.1 Å². The molecule has 26 heavy (non-hydrogen) atoms. The van der Waals surface area contributed by atoms with Gasteiger partial charge in [-0.05, 0) is 44.4 Å². The van der Waals surface area contributed by atoms with Crippen LogP contribution in [0.5, 0.6) is 0 Å². The van der Waals surface area contributed by atoms with E-state index in [9.17, 15) is 9.90 Å². The van der Waals surface area contributed by atoms with E-state index in [1.165, 1.54) is 0 Å². The molecule has 1 aliphatic carbocycles. The fourth-order valence-corrected chi connectivity index (χ4v) is 4.24. The number of aliphatic hydroxyl groups excluding tert-OH is 1. The number of rotatable bonds is 4. The minimum atomic E-state index is -1.01. The van der Waals surface area contributed by atoms with E-state index in [0.717, 1.165) is 17.3 Å². The standard InChI is InChI=1S/C20H27BrO5/c1-13(2)26-20-10-4-3-5-16(20)18(23)19(24-11-12-25-20)17(22)14-6-8-15(21)9-7-14/h6-9,13,16-17,19,22H,3-5,10-12H2,1-2H3/t16-,17+,19-,20-/m1/s1. The molecule has 0 spiro atoms. The third-order valence-corrected chi connectivity index (χ3v) is 5.61. The van der Waals surface area contributed by atoms with E-state index in [1.807, 2.05) is 26.0 Å². The van der Waals surface area contributed by atoms with Crippen molar-refractivity contribution in [2.45, 2.75) is 63.6 Å². The van der Waals surface area contributed by atoms with Crippen LogP contribution in [0.3, 0.4) is 0 Å². The molecule has 1 aliphatic heterocycles. The summed E-state index contributed by atoms with van der Waals surface area (Å²) < 4.78 is 18.9. The zero-order chi connectivity index (χ0) is 18.7. The molecular weight excluding hydrogens is 400 g/mol. The number of benzene rings is 1. The van der Waals surface area contributed by atoms with Crippen LogP contribution < -0.4 is 0 Å². The first-order valence-corrected chi connectivity index (χ1v) is 10.1. The molecule has 2 aliphatic rings. The number of hydrogen-bond acceptors (Lipinski definition) is 5. The molecule has 0 amide bonds. The second kappa shape index (κ2) is 8.48. The van der Waals surface area contributed by atoms with Gasteiger partial charge in [-0.3, -0.25) is 4.79 Å². The molecule has 5 nitrogen and oxygen atoms in total. The number of carbonyl (C=O) groups is 1. The van der Waals surface area contributed by atoms with Gasteiger partial charge in [0.1, 0.15) is 12.2 Å². The summed E-state index contributed by atoms with van der Waals surface area (Å²) in [6.45, 7) is 4.51. The largest absolute Gasteiger partial charge is 0.385 e. The van der Waals surface area contributed by atoms with Crippen molar-refractivity contribution in [3.63, 3.8) is 0 Å². The van der Waals surface area contributed by atoms with Crippen LogP contribution in [0.4, 0.5) is 0 Å². The van der Waals surface area contributed by atoms with E-state index in [1.54, 1.807) is 12.1 Å². The van der Waals surface area contributed by atoms with Crippen molar-refractivity contribution in [3.05, 3.63) is 34.3 Å². The third-order valence-electron chi connectivity index (χ3n) is 5.08. The minimum absolute atomic E-state index is 0.0430. The predicted molar refractivity (Wildman–Crippen MR) is 101 cm³/mol. The van der Waals surface area contributed by atoms with Crippen molar-refractivity contribution in [2.75, 3.05) is 13.2 Å². The van der Waals surface area contributed by atoms with E-state index >= 15 is 0 Å². The van der Waals surface area contributed by atoms with Crippen LogP contribution in [-0.2, 0) is 19.0 Å². The molecule has 1 saturated carbocycles. The van der Waals surface area contributed by atoms with Crippen LogP contribution in [0, 0.1) is 5.92 Å². The molecule has 0 radical (unpaired) electrons. The van der Waals surface area contributed by atoms with E-state index in [-0.39, 0.29) is 18.5 Å². The number of ketones is 1. The topological polar surface area (TPSA) is 65.0 Å². The maximum absolute atomic E-state index is 13.3. The summed E-state index contributed by atoms with van der Waals surface area (Å²) in [5.74, 6) is -1.44. The molecule has 6 heteroatoms. The lowest BCUT2D eigenvalue weighted by Crippen LogP contribution is -2.55. The molecule has 3 rings (SSSR count). The first-order chi connectivity index (χ1) is 12.4. The highest BCUT2D eigenvalue weighted by molar-refractivity contribution is 9.10. The van der Waals surface area contributed by atoms with E-state index in [0.29, 0.717) is 25.0 Å². The fourth-order valence-electron chi connectivity index (χ4n) is 3.97. The lowest BCUT2D eigenvalue weighted by atomic mass is 9.77. The van der Waals surface area contributed by atoms with Crippen molar-refractivity contribution >= 4 is 21.7 Å². The van der Waals surface area contributed by atoms with Crippen LogP contribution in [0.2, 0.25) is 0 Å². The average molecular weight is 427 g/mol. The second-order valence-electron chi connectivity index (χ2n) is 7.32. The predicted octanol–water partition coefficient (Wildman–Crippen LogP) is 3.78. The Balaban J connectivity index is 1.88. The molecular formula is C20H27BrO5. The first kappa shape index (κ1) is 20.0. The van der Waals surface area contributed by atoms with Crippen molar-refractivity contribution < 1.29 is 24.1 Å². The average Bonchev–Trinajstić information content (AvgIpc) is 2.60. The maximum atomic E-state index is 13.3. The molecule has 1 N–H and O–H groups in total. The number of fused-ring (bicyclic) bond motifs is 1. The summed E-state index contributed by atoms with van der Waals surface area (Å²) in [5.41, 5.74) is 0.666. The maximum Gasteiger partial charge on any atom is 0.178 e. The Bertz CT molecular complexity index is 617. The zero-order valence-corrected chi connectivity index (χ0v) is 16.9. The smallest absolute Gasteiger partial charge is 0.178 e. The molecule has 2 fully saturated rings. The van der Waals surface area contributed by atoms with Crippen molar-refractivity contribution in [1.29, 1.82) is 0 Å². The number of halogens is 1. The summed E-state index contributed by atoms with van der Waals surface area (Å²) in [6, 6.07) is 7.31. The normalized spacial score (nSPS) is 31.2. The summed E-state index contributed by atoms with van der Waals surface area (Å²) in [5, 5.41) is 10.8. The Labute approximate surface area is 163 Å². The Morgan fingerprint density at radius 2 is 1.96 bits per heavy atom. The third kappa shape index (κ3) is 4.20. The van der Waals surface area contributed by atoms with Gasteiger partial charge in [0.25, 0.3) is 0 Å². The summed E-state index contributed by atoms with van der Waals surface area (Å²) in [6.07, 6.45) is 1.35.